The fourth-order valence-electron chi connectivity index (χ4n) is 0.445. The monoisotopic (exact) mass is 294 g/mol. The average Bonchev–Trinajstić information content (AvgIpc) is 2.28. The maximum atomic E-state index is 10.2. The molecule has 13 heteroatoms. The van der Waals surface area contributed by atoms with Gasteiger partial charge in [0.2, 0.25) is 0 Å². The summed E-state index contributed by atoms with van der Waals surface area (Å²) in [6.07, 6.45) is 0. The zero-order valence-corrected chi connectivity index (χ0v) is 8.91. The molecular formula is C3H6N2O8S3. The second kappa shape index (κ2) is 4.88. The molecule has 0 atom stereocenters. The van der Waals surface area contributed by atoms with E-state index < -0.39 is 31.2 Å². The molecule has 0 aliphatic heterocycles. The van der Waals surface area contributed by atoms with E-state index in [4.69, 9.17) is 9.11 Å². The molecule has 10 nitrogen and oxygen atoms in total. The van der Waals surface area contributed by atoms with Gasteiger partial charge in [-0.05, 0) is 11.3 Å². The molecule has 1 rings (SSSR count). The Kier molecular flexibility index (Phi) is 4.56. The summed E-state index contributed by atoms with van der Waals surface area (Å²) < 4.78 is 64.6. The van der Waals surface area contributed by atoms with Crippen molar-refractivity contribution in [1.29, 1.82) is 0 Å². The number of aromatic nitrogens is 2. The first-order valence-electron chi connectivity index (χ1n) is 2.83. The molecule has 16 heavy (non-hydrogen) atoms. The minimum Gasteiger partial charge on any atom is -0.329 e. The van der Waals surface area contributed by atoms with Gasteiger partial charge in [-0.1, -0.05) is 17.6 Å². The molecule has 0 saturated heterocycles. The van der Waals surface area contributed by atoms with Crippen molar-refractivity contribution in [1.82, 2.24) is 10.2 Å². The van der Waals surface area contributed by atoms with Gasteiger partial charge >= 0.3 is 31.2 Å². The minimum atomic E-state index is -4.77. The molecule has 0 aliphatic carbocycles. The Balaban J connectivity index is 0.00000225. The molecule has 0 spiro atoms. The van der Waals surface area contributed by atoms with Gasteiger partial charge in [0, 0.05) is 0 Å². The summed E-state index contributed by atoms with van der Waals surface area (Å²) in [5.74, 6) is 0. The first-order valence-corrected chi connectivity index (χ1v) is 6.38. The Morgan fingerprint density at radius 1 is 0.938 bits per heavy atom. The second-order valence-electron chi connectivity index (χ2n) is 1.86. The van der Waals surface area contributed by atoms with Crippen molar-refractivity contribution in [3.63, 3.8) is 0 Å². The molecule has 0 aliphatic rings. The van der Waals surface area contributed by atoms with Crippen molar-refractivity contribution in [2.24, 2.45) is 0 Å². The van der Waals surface area contributed by atoms with Crippen molar-refractivity contribution in [3.05, 3.63) is 0 Å². The van der Waals surface area contributed by atoms with Gasteiger partial charge in [-0.2, -0.15) is 16.8 Å². The van der Waals surface area contributed by atoms with Gasteiger partial charge in [-0.25, -0.2) is 0 Å². The topological polar surface area (TPSA) is 153 Å². The highest BCUT2D eigenvalue weighted by atomic mass is 32.3. The molecule has 0 fully saturated rings. The lowest BCUT2D eigenvalue weighted by molar-refractivity contribution is 0.379. The van der Waals surface area contributed by atoms with Crippen LogP contribution in [-0.2, 0) is 20.8 Å². The minimum absolute atomic E-state index is 0. The highest BCUT2D eigenvalue weighted by Crippen LogP contribution is 2.25. The molecule has 0 bridgehead atoms. The van der Waals surface area contributed by atoms with E-state index in [9.17, 15) is 16.8 Å². The Labute approximate surface area is 94.8 Å². The fourth-order valence-corrected chi connectivity index (χ4v) is 1.97. The van der Waals surface area contributed by atoms with E-state index in [2.05, 4.69) is 18.6 Å². The Bertz CT molecular complexity index is 494. The van der Waals surface area contributed by atoms with Crippen LogP contribution in [0.4, 0.5) is 0 Å². The van der Waals surface area contributed by atoms with Crippen LogP contribution in [0.2, 0.25) is 0 Å². The molecule has 0 amide bonds. The van der Waals surface area contributed by atoms with Gasteiger partial charge in [0.05, 0.1) is 0 Å². The lowest BCUT2D eigenvalue weighted by Crippen LogP contribution is -2.06. The normalized spacial score (nSPS) is 11.6. The predicted octanol–water partition coefficient (Wildman–Crippen LogP) is -0.463. The summed E-state index contributed by atoms with van der Waals surface area (Å²) in [6, 6.07) is 0. The van der Waals surface area contributed by atoms with Crippen molar-refractivity contribution in [3.8, 4) is 10.4 Å². The van der Waals surface area contributed by atoms with Crippen LogP contribution in [-0.4, -0.2) is 36.1 Å². The van der Waals surface area contributed by atoms with E-state index in [0.717, 1.165) is 0 Å². The molecule has 0 radical (unpaired) electrons. The lowest BCUT2D eigenvalue weighted by atomic mass is 11.4. The number of hydrogen-bond acceptors (Lipinski definition) is 9. The Morgan fingerprint density at radius 2 is 1.25 bits per heavy atom. The van der Waals surface area contributed by atoms with Gasteiger partial charge in [0.1, 0.15) is 0 Å². The van der Waals surface area contributed by atoms with Crippen LogP contribution in [0.3, 0.4) is 0 Å². The van der Waals surface area contributed by atoms with Crippen LogP contribution in [0.25, 0.3) is 0 Å². The standard InChI is InChI=1S/C2H2N2O8S3.CH4/c5-14(6,7)11-1-3-4-2(13-1)12-15(8,9)10;/h(H,5,6,7)(H,8,9,10);1H4. The predicted molar refractivity (Wildman–Crippen MR) is 51.0 cm³/mol. The van der Waals surface area contributed by atoms with E-state index in [0.29, 0.717) is 0 Å². The van der Waals surface area contributed by atoms with Crippen molar-refractivity contribution >= 4 is 32.1 Å². The van der Waals surface area contributed by atoms with Crippen LogP contribution in [0.1, 0.15) is 7.43 Å². The quantitative estimate of drug-likeness (QED) is 0.697. The van der Waals surface area contributed by atoms with Crippen LogP contribution < -0.4 is 8.37 Å². The maximum absolute atomic E-state index is 10.2. The smallest absolute Gasteiger partial charge is 0.329 e. The largest absolute Gasteiger partial charge is 0.448 e. The summed E-state index contributed by atoms with van der Waals surface area (Å²) >= 11 is 0.242. The van der Waals surface area contributed by atoms with Gasteiger partial charge in [0.15, 0.2) is 0 Å². The third-order valence-electron chi connectivity index (χ3n) is 0.741. The Morgan fingerprint density at radius 3 is 1.50 bits per heavy atom. The van der Waals surface area contributed by atoms with Crippen molar-refractivity contribution in [2.75, 3.05) is 0 Å². The zero-order chi connectivity index (χ0) is 11.7. The van der Waals surface area contributed by atoms with Gasteiger partial charge in [-0.3, -0.25) is 9.11 Å². The van der Waals surface area contributed by atoms with Crippen molar-refractivity contribution < 1.29 is 34.3 Å². The molecule has 1 aromatic rings. The van der Waals surface area contributed by atoms with E-state index in [1.165, 1.54) is 0 Å². The van der Waals surface area contributed by atoms with Gasteiger partial charge in [0.25, 0.3) is 0 Å². The van der Waals surface area contributed by atoms with E-state index in [1.807, 2.05) is 0 Å². The molecule has 1 aromatic heterocycles. The van der Waals surface area contributed by atoms with Crippen LogP contribution >= 0.6 is 11.3 Å². The highest BCUT2D eigenvalue weighted by molar-refractivity contribution is 7.81. The molecule has 1 heterocycles. The van der Waals surface area contributed by atoms with Gasteiger partial charge in [-0.15, -0.1) is 0 Å². The van der Waals surface area contributed by atoms with Crippen molar-refractivity contribution in [2.45, 2.75) is 7.43 Å². The van der Waals surface area contributed by atoms with E-state index in [-0.39, 0.29) is 18.8 Å². The molecule has 0 aromatic carbocycles. The Hall–Kier alpha value is -1.02. The SMILES string of the molecule is C.O=S(=O)(O)Oc1nnc(OS(=O)(=O)O)s1. The summed E-state index contributed by atoms with van der Waals surface area (Å²) in [4.78, 5) is 0. The third kappa shape index (κ3) is 5.76. The first kappa shape index (κ1) is 15.0. The van der Waals surface area contributed by atoms with E-state index >= 15 is 0 Å². The molecule has 0 saturated carbocycles. The third-order valence-corrected chi connectivity index (χ3v) is 2.37. The van der Waals surface area contributed by atoms with E-state index in [1.54, 1.807) is 0 Å². The summed E-state index contributed by atoms with van der Waals surface area (Å²) in [5.41, 5.74) is 0. The zero-order valence-electron chi connectivity index (χ0n) is 6.46. The molecule has 0 unspecified atom stereocenters. The molecular weight excluding hydrogens is 288 g/mol. The number of rotatable bonds is 4. The molecule has 94 valence electrons. The number of nitrogens with zero attached hydrogens (tertiary/aromatic N) is 2. The average molecular weight is 294 g/mol. The maximum Gasteiger partial charge on any atom is 0.448 e. The first-order chi connectivity index (χ1) is 6.66. The molecule has 2 N–H and O–H groups in total. The van der Waals surface area contributed by atoms with Gasteiger partial charge < -0.3 is 8.37 Å². The number of hydrogen-bond donors (Lipinski definition) is 2. The van der Waals surface area contributed by atoms with Crippen LogP contribution in [0.5, 0.6) is 10.4 Å². The summed E-state index contributed by atoms with van der Waals surface area (Å²) in [6.45, 7) is 0. The van der Waals surface area contributed by atoms with Crippen LogP contribution in [0, 0.1) is 0 Å². The summed E-state index contributed by atoms with van der Waals surface area (Å²) in [7, 11) is -9.53. The lowest BCUT2D eigenvalue weighted by Gasteiger charge is -1.92. The highest BCUT2D eigenvalue weighted by Gasteiger charge is 2.16. The fraction of sp³-hybridized carbons (Fsp3) is 0.333. The van der Waals surface area contributed by atoms with Crippen LogP contribution in [0.15, 0.2) is 0 Å². The second-order valence-corrected chi connectivity index (χ2v) is 4.80. The summed E-state index contributed by atoms with van der Waals surface area (Å²) in [5, 5.41) is 4.64.